The summed E-state index contributed by atoms with van der Waals surface area (Å²) in [6.07, 6.45) is 2.67. The highest BCUT2D eigenvalue weighted by atomic mass is 16.1. The van der Waals surface area contributed by atoms with Crippen molar-refractivity contribution in [2.45, 2.75) is 25.3 Å². The quantitative estimate of drug-likeness (QED) is 0.375. The Morgan fingerprint density at radius 3 is 2.31 bits per heavy atom. The summed E-state index contributed by atoms with van der Waals surface area (Å²) in [4.78, 5) is 11.5. The first-order valence-electron chi connectivity index (χ1n) is 5.97. The molecule has 0 heterocycles. The molecule has 96 valence electrons. The standard InChI is InChI=1S/C11H26N4O/c1-12-6-4-5-10(14-3)9-11(16)15-8-7-13-2/h10,12-14H,4-9H2,1-3H3,(H,15,16)/t10-/m0/s1. The molecule has 0 aliphatic rings. The fourth-order valence-electron chi connectivity index (χ4n) is 1.50. The Balaban J connectivity index is 3.61. The Hall–Kier alpha value is -0.650. The third-order valence-electron chi connectivity index (χ3n) is 2.52. The van der Waals surface area contributed by atoms with Crippen molar-refractivity contribution >= 4 is 5.91 Å². The first-order valence-corrected chi connectivity index (χ1v) is 5.97. The Morgan fingerprint density at radius 2 is 1.75 bits per heavy atom. The van der Waals surface area contributed by atoms with Crippen molar-refractivity contribution in [1.82, 2.24) is 21.3 Å². The number of hydrogen-bond acceptors (Lipinski definition) is 4. The summed E-state index contributed by atoms with van der Waals surface area (Å²) in [6, 6.07) is 0.280. The highest BCUT2D eigenvalue weighted by Crippen LogP contribution is 2.00. The van der Waals surface area contributed by atoms with Crippen LogP contribution in [-0.2, 0) is 4.79 Å². The van der Waals surface area contributed by atoms with E-state index in [1.54, 1.807) is 0 Å². The highest BCUT2D eigenvalue weighted by molar-refractivity contribution is 5.76. The SMILES string of the molecule is CNCCC[C@@H](CC(=O)NCCNC)NC. The van der Waals surface area contributed by atoms with Crippen molar-refractivity contribution < 1.29 is 4.79 Å². The van der Waals surface area contributed by atoms with Crippen molar-refractivity contribution in [3.05, 3.63) is 0 Å². The first kappa shape index (κ1) is 15.3. The maximum absolute atomic E-state index is 11.5. The topological polar surface area (TPSA) is 65.2 Å². The van der Waals surface area contributed by atoms with E-state index < -0.39 is 0 Å². The number of amides is 1. The van der Waals surface area contributed by atoms with E-state index in [0.717, 1.165) is 25.9 Å². The van der Waals surface area contributed by atoms with Gasteiger partial charge in [-0.05, 0) is 40.5 Å². The van der Waals surface area contributed by atoms with Gasteiger partial charge in [-0.3, -0.25) is 4.79 Å². The minimum Gasteiger partial charge on any atom is -0.355 e. The average Bonchev–Trinajstić information content (AvgIpc) is 2.28. The monoisotopic (exact) mass is 230 g/mol. The van der Waals surface area contributed by atoms with Crippen molar-refractivity contribution in [2.24, 2.45) is 0 Å². The maximum atomic E-state index is 11.5. The lowest BCUT2D eigenvalue weighted by Crippen LogP contribution is -2.36. The van der Waals surface area contributed by atoms with Gasteiger partial charge in [0.1, 0.15) is 0 Å². The Kier molecular flexibility index (Phi) is 10.4. The van der Waals surface area contributed by atoms with Gasteiger partial charge in [-0.15, -0.1) is 0 Å². The second-order valence-corrected chi connectivity index (χ2v) is 3.89. The summed E-state index contributed by atoms with van der Waals surface area (Å²) in [5, 5.41) is 12.2. The van der Waals surface area contributed by atoms with Crippen LogP contribution in [0.5, 0.6) is 0 Å². The van der Waals surface area contributed by atoms with E-state index in [1.807, 2.05) is 21.1 Å². The molecule has 5 heteroatoms. The normalized spacial score (nSPS) is 12.4. The van der Waals surface area contributed by atoms with E-state index >= 15 is 0 Å². The molecule has 0 saturated carbocycles. The zero-order chi connectivity index (χ0) is 12.2. The Bertz CT molecular complexity index is 175. The number of nitrogens with one attached hydrogen (secondary N) is 4. The molecule has 1 amide bonds. The predicted octanol–water partition coefficient (Wildman–Crippen LogP) is -0.700. The van der Waals surface area contributed by atoms with Gasteiger partial charge in [0.05, 0.1) is 0 Å². The van der Waals surface area contributed by atoms with Crippen molar-refractivity contribution in [1.29, 1.82) is 0 Å². The van der Waals surface area contributed by atoms with Gasteiger partial charge in [0.2, 0.25) is 5.91 Å². The van der Waals surface area contributed by atoms with Crippen LogP contribution in [0.4, 0.5) is 0 Å². The third kappa shape index (κ3) is 8.64. The molecule has 0 saturated heterocycles. The van der Waals surface area contributed by atoms with Gasteiger partial charge in [0, 0.05) is 25.6 Å². The zero-order valence-electron chi connectivity index (χ0n) is 10.7. The summed E-state index contributed by atoms with van der Waals surface area (Å²) >= 11 is 0. The minimum absolute atomic E-state index is 0.124. The van der Waals surface area contributed by atoms with Crippen LogP contribution in [0, 0.1) is 0 Å². The van der Waals surface area contributed by atoms with Gasteiger partial charge in [0.25, 0.3) is 0 Å². The smallest absolute Gasteiger partial charge is 0.221 e. The number of hydrogen-bond donors (Lipinski definition) is 4. The molecular formula is C11H26N4O. The third-order valence-corrected chi connectivity index (χ3v) is 2.52. The van der Waals surface area contributed by atoms with Crippen molar-refractivity contribution in [2.75, 3.05) is 40.8 Å². The van der Waals surface area contributed by atoms with Crippen LogP contribution < -0.4 is 21.3 Å². The van der Waals surface area contributed by atoms with Gasteiger partial charge < -0.3 is 21.3 Å². The van der Waals surface area contributed by atoms with Gasteiger partial charge in [-0.2, -0.15) is 0 Å². The fraction of sp³-hybridized carbons (Fsp3) is 0.909. The molecule has 16 heavy (non-hydrogen) atoms. The van der Waals surface area contributed by atoms with E-state index in [1.165, 1.54) is 0 Å². The molecular weight excluding hydrogens is 204 g/mol. The van der Waals surface area contributed by atoms with Crippen LogP contribution in [-0.4, -0.2) is 52.7 Å². The average molecular weight is 230 g/mol. The lowest BCUT2D eigenvalue weighted by Gasteiger charge is -2.15. The van der Waals surface area contributed by atoms with Crippen molar-refractivity contribution in [3.8, 4) is 0 Å². The van der Waals surface area contributed by atoms with Crippen LogP contribution in [0.3, 0.4) is 0 Å². The summed E-state index contributed by atoms with van der Waals surface area (Å²) in [7, 11) is 5.73. The second-order valence-electron chi connectivity index (χ2n) is 3.89. The number of likely N-dealkylation sites (N-methyl/N-ethyl adjacent to an activating group) is 1. The summed E-state index contributed by atoms with van der Waals surface area (Å²) < 4.78 is 0. The molecule has 0 aromatic heterocycles. The largest absolute Gasteiger partial charge is 0.355 e. The molecule has 0 unspecified atom stereocenters. The number of carbonyl (C=O) groups is 1. The van der Waals surface area contributed by atoms with Crippen LogP contribution >= 0.6 is 0 Å². The molecule has 0 aliphatic carbocycles. The minimum atomic E-state index is 0.124. The summed E-state index contributed by atoms with van der Waals surface area (Å²) in [5.74, 6) is 0.124. The lowest BCUT2D eigenvalue weighted by atomic mass is 10.1. The first-order chi connectivity index (χ1) is 7.74. The predicted molar refractivity (Wildman–Crippen MR) is 67.6 cm³/mol. The molecule has 0 fully saturated rings. The van der Waals surface area contributed by atoms with E-state index in [4.69, 9.17) is 0 Å². The van der Waals surface area contributed by atoms with Crippen LogP contribution in [0.25, 0.3) is 0 Å². The van der Waals surface area contributed by atoms with Crippen LogP contribution in [0.1, 0.15) is 19.3 Å². The molecule has 0 bridgehead atoms. The molecule has 0 radical (unpaired) electrons. The number of rotatable bonds is 10. The number of carbonyl (C=O) groups excluding carboxylic acids is 1. The molecule has 5 nitrogen and oxygen atoms in total. The van der Waals surface area contributed by atoms with Crippen LogP contribution in [0.15, 0.2) is 0 Å². The Labute approximate surface area is 98.7 Å². The molecule has 0 aromatic carbocycles. The zero-order valence-corrected chi connectivity index (χ0v) is 10.7. The Morgan fingerprint density at radius 1 is 1.06 bits per heavy atom. The van der Waals surface area contributed by atoms with Gasteiger partial charge in [-0.1, -0.05) is 0 Å². The molecule has 4 N–H and O–H groups in total. The fourth-order valence-corrected chi connectivity index (χ4v) is 1.50. The lowest BCUT2D eigenvalue weighted by molar-refractivity contribution is -0.121. The molecule has 1 atom stereocenters. The van der Waals surface area contributed by atoms with Crippen LogP contribution in [0.2, 0.25) is 0 Å². The second kappa shape index (κ2) is 10.9. The van der Waals surface area contributed by atoms with E-state index in [9.17, 15) is 4.79 Å². The van der Waals surface area contributed by atoms with E-state index in [2.05, 4.69) is 21.3 Å². The molecule has 0 spiro atoms. The van der Waals surface area contributed by atoms with Crippen molar-refractivity contribution in [3.63, 3.8) is 0 Å². The van der Waals surface area contributed by atoms with E-state index in [0.29, 0.717) is 13.0 Å². The maximum Gasteiger partial charge on any atom is 0.221 e. The highest BCUT2D eigenvalue weighted by Gasteiger charge is 2.10. The molecule has 0 rings (SSSR count). The van der Waals surface area contributed by atoms with Gasteiger partial charge in [-0.25, -0.2) is 0 Å². The summed E-state index contributed by atoms with van der Waals surface area (Å²) in [5.41, 5.74) is 0. The van der Waals surface area contributed by atoms with E-state index in [-0.39, 0.29) is 11.9 Å². The van der Waals surface area contributed by atoms with Gasteiger partial charge in [0.15, 0.2) is 0 Å². The summed E-state index contributed by atoms with van der Waals surface area (Å²) in [6.45, 7) is 2.51. The molecule has 0 aromatic rings. The molecule has 0 aliphatic heterocycles. The van der Waals surface area contributed by atoms with Gasteiger partial charge >= 0.3 is 0 Å².